The Balaban J connectivity index is 2.13. The number of sulfonamides is 1. The monoisotopic (exact) mass is 316 g/mol. The molecule has 0 fully saturated rings. The molecule has 0 aliphatic carbocycles. The zero-order chi connectivity index (χ0) is 15.8. The van der Waals surface area contributed by atoms with Crippen LogP contribution < -0.4 is 0 Å². The van der Waals surface area contributed by atoms with E-state index in [-0.39, 0.29) is 18.9 Å². The van der Waals surface area contributed by atoms with Gasteiger partial charge in [0.2, 0.25) is 15.9 Å². The molecule has 1 aliphatic heterocycles. The maximum absolute atomic E-state index is 11.6. The van der Waals surface area contributed by atoms with Gasteiger partial charge in [0, 0.05) is 20.6 Å². The molecule has 1 aromatic rings. The lowest BCUT2D eigenvalue weighted by molar-refractivity contribution is -0.130. The molecule has 8 nitrogen and oxygen atoms in total. The summed E-state index contributed by atoms with van der Waals surface area (Å²) in [5.41, 5.74) is 1.12. The van der Waals surface area contributed by atoms with Crippen LogP contribution in [0, 0.1) is 0 Å². The number of fused-ring (bicyclic) bond motifs is 1. The molecule has 0 aromatic carbocycles. The van der Waals surface area contributed by atoms with Crippen molar-refractivity contribution in [3.05, 3.63) is 17.5 Å². The first-order valence-corrected chi connectivity index (χ1v) is 8.43. The van der Waals surface area contributed by atoms with Gasteiger partial charge in [-0.25, -0.2) is 8.42 Å². The predicted octanol–water partition coefficient (Wildman–Crippen LogP) is -0.830. The van der Waals surface area contributed by atoms with Gasteiger partial charge in [0.05, 0.1) is 37.2 Å². The fourth-order valence-electron chi connectivity index (χ4n) is 2.16. The average molecular weight is 316 g/mol. The normalized spacial score (nSPS) is 17.3. The highest BCUT2D eigenvalue weighted by Gasteiger charge is 2.26. The van der Waals surface area contributed by atoms with Crippen LogP contribution >= 0.6 is 0 Å². The molecule has 21 heavy (non-hydrogen) atoms. The highest BCUT2D eigenvalue weighted by molar-refractivity contribution is 7.88. The lowest BCUT2D eigenvalue weighted by atomic mass is 10.1. The number of aromatic nitrogens is 2. The van der Waals surface area contributed by atoms with Crippen LogP contribution in [0.25, 0.3) is 0 Å². The third kappa shape index (κ3) is 3.60. The zero-order valence-corrected chi connectivity index (χ0v) is 13.2. The first kappa shape index (κ1) is 15.9. The second kappa shape index (κ2) is 5.74. The number of rotatable bonds is 4. The van der Waals surface area contributed by atoms with Crippen molar-refractivity contribution in [1.29, 1.82) is 0 Å². The number of nitrogens with zero attached hydrogens (tertiary/aromatic N) is 4. The molecule has 1 N–H and O–H groups in total. The second-order valence-corrected chi connectivity index (χ2v) is 7.37. The van der Waals surface area contributed by atoms with Gasteiger partial charge in [-0.15, -0.1) is 0 Å². The van der Waals surface area contributed by atoms with Crippen molar-refractivity contribution in [3.8, 4) is 0 Å². The Bertz CT molecular complexity index is 638. The van der Waals surface area contributed by atoms with E-state index in [4.69, 9.17) is 0 Å². The quantitative estimate of drug-likeness (QED) is 0.782. The molecule has 1 unspecified atom stereocenters. The third-order valence-electron chi connectivity index (χ3n) is 3.46. The molecule has 1 atom stereocenters. The summed E-state index contributed by atoms with van der Waals surface area (Å²) in [6.45, 7) is 1.04. The van der Waals surface area contributed by atoms with Gasteiger partial charge in [-0.2, -0.15) is 9.40 Å². The van der Waals surface area contributed by atoms with Gasteiger partial charge in [0.1, 0.15) is 6.10 Å². The smallest absolute Gasteiger partial charge is 0.225 e. The van der Waals surface area contributed by atoms with Gasteiger partial charge >= 0.3 is 0 Å². The Kier molecular flexibility index (Phi) is 4.35. The van der Waals surface area contributed by atoms with E-state index in [0.717, 1.165) is 5.69 Å². The van der Waals surface area contributed by atoms with Crippen molar-refractivity contribution in [3.63, 3.8) is 0 Å². The highest BCUT2D eigenvalue weighted by atomic mass is 32.2. The summed E-state index contributed by atoms with van der Waals surface area (Å²) in [7, 11) is 0.00364. The maximum atomic E-state index is 11.6. The van der Waals surface area contributed by atoms with Crippen molar-refractivity contribution in [2.24, 2.45) is 0 Å². The predicted molar refractivity (Wildman–Crippen MR) is 75.8 cm³/mol. The molecule has 1 amide bonds. The summed E-state index contributed by atoms with van der Waals surface area (Å²) in [6.07, 6.45) is 0.147. The Morgan fingerprint density at radius 1 is 1.48 bits per heavy atom. The molecular formula is C12H20N4O4S. The Morgan fingerprint density at radius 3 is 2.71 bits per heavy atom. The number of amides is 1. The highest BCUT2D eigenvalue weighted by Crippen LogP contribution is 2.21. The molecular weight excluding hydrogens is 296 g/mol. The van der Waals surface area contributed by atoms with Gasteiger partial charge in [0.15, 0.2) is 0 Å². The summed E-state index contributed by atoms with van der Waals surface area (Å²) in [5, 5.41) is 14.3. The van der Waals surface area contributed by atoms with Gasteiger partial charge < -0.3 is 10.0 Å². The van der Waals surface area contributed by atoms with Crippen LogP contribution in [0.2, 0.25) is 0 Å². The van der Waals surface area contributed by atoms with Gasteiger partial charge in [0.25, 0.3) is 0 Å². The molecule has 2 rings (SSSR count). The Morgan fingerprint density at radius 2 is 2.14 bits per heavy atom. The van der Waals surface area contributed by atoms with Crippen molar-refractivity contribution >= 4 is 15.9 Å². The number of carbonyl (C=O) groups is 1. The minimum Gasteiger partial charge on any atom is -0.386 e. The van der Waals surface area contributed by atoms with Crippen molar-refractivity contribution < 1.29 is 18.3 Å². The molecule has 1 aliphatic rings. The topological polar surface area (TPSA) is 95.7 Å². The minimum atomic E-state index is -3.24. The van der Waals surface area contributed by atoms with Gasteiger partial charge in [-0.05, 0) is 6.07 Å². The summed E-state index contributed by atoms with van der Waals surface area (Å²) >= 11 is 0. The first-order chi connectivity index (χ1) is 9.68. The molecule has 0 radical (unpaired) electrons. The van der Waals surface area contributed by atoms with Crippen molar-refractivity contribution in [2.45, 2.75) is 25.6 Å². The molecule has 0 spiro atoms. The fraction of sp³-hybridized carbons (Fsp3) is 0.667. The molecule has 2 heterocycles. The third-order valence-corrected chi connectivity index (χ3v) is 4.71. The van der Waals surface area contributed by atoms with Crippen LogP contribution in [0.15, 0.2) is 6.07 Å². The summed E-state index contributed by atoms with van der Waals surface area (Å²) < 4.78 is 26.2. The van der Waals surface area contributed by atoms with E-state index in [1.165, 1.54) is 15.5 Å². The molecule has 118 valence electrons. The van der Waals surface area contributed by atoms with E-state index in [9.17, 15) is 18.3 Å². The number of hydrogen-bond donors (Lipinski definition) is 1. The maximum Gasteiger partial charge on any atom is 0.225 e. The molecule has 0 saturated carbocycles. The van der Waals surface area contributed by atoms with Crippen molar-refractivity contribution in [2.75, 3.05) is 26.9 Å². The molecule has 1 aromatic heterocycles. The SMILES string of the molecule is CN(C)C(=O)CC(O)c1cc2n(n1)CCN(S(C)(=O)=O)C2. The Labute approximate surface area is 124 Å². The van der Waals surface area contributed by atoms with Crippen LogP contribution in [-0.4, -0.2) is 65.3 Å². The number of aliphatic hydroxyl groups is 1. The number of aliphatic hydroxyl groups excluding tert-OH is 1. The largest absolute Gasteiger partial charge is 0.386 e. The molecule has 0 saturated heterocycles. The average Bonchev–Trinajstić information content (AvgIpc) is 2.80. The number of hydrogen-bond acceptors (Lipinski definition) is 5. The second-order valence-electron chi connectivity index (χ2n) is 5.39. The summed E-state index contributed by atoms with van der Waals surface area (Å²) in [4.78, 5) is 13.0. The van der Waals surface area contributed by atoms with Gasteiger partial charge in [-0.3, -0.25) is 9.48 Å². The van der Waals surface area contributed by atoms with Crippen LogP contribution in [0.3, 0.4) is 0 Å². The van der Waals surface area contributed by atoms with Crippen LogP contribution in [0.1, 0.15) is 23.9 Å². The molecule has 0 bridgehead atoms. The van der Waals surface area contributed by atoms with Crippen molar-refractivity contribution in [1.82, 2.24) is 19.0 Å². The molecule has 9 heteroatoms. The van der Waals surface area contributed by atoms with Crippen LogP contribution in [0.5, 0.6) is 0 Å². The number of carbonyl (C=O) groups excluding carboxylic acids is 1. The minimum absolute atomic E-state index is 0.0424. The van der Waals surface area contributed by atoms with Gasteiger partial charge in [-0.1, -0.05) is 0 Å². The van der Waals surface area contributed by atoms with Crippen LogP contribution in [-0.2, 0) is 27.9 Å². The zero-order valence-electron chi connectivity index (χ0n) is 12.4. The van der Waals surface area contributed by atoms with E-state index in [1.54, 1.807) is 24.8 Å². The van der Waals surface area contributed by atoms with E-state index in [1.807, 2.05) is 0 Å². The van der Waals surface area contributed by atoms with E-state index >= 15 is 0 Å². The lowest BCUT2D eigenvalue weighted by Crippen LogP contribution is -2.37. The van der Waals surface area contributed by atoms with E-state index < -0.39 is 16.1 Å². The first-order valence-electron chi connectivity index (χ1n) is 6.58. The lowest BCUT2D eigenvalue weighted by Gasteiger charge is -2.25. The standard InChI is InChI=1S/C12H20N4O4S/c1-14(2)12(18)7-11(17)10-6-9-8-15(21(3,19)20)4-5-16(9)13-10/h6,11,17H,4-5,7-8H2,1-3H3. The van der Waals surface area contributed by atoms with E-state index in [2.05, 4.69) is 5.10 Å². The van der Waals surface area contributed by atoms with E-state index in [0.29, 0.717) is 18.8 Å². The Hall–Kier alpha value is -1.45. The fourth-order valence-corrected chi connectivity index (χ4v) is 2.94. The van der Waals surface area contributed by atoms with Crippen LogP contribution in [0.4, 0.5) is 0 Å². The summed E-state index contributed by atoms with van der Waals surface area (Å²) in [5.74, 6) is -0.189. The summed E-state index contributed by atoms with van der Waals surface area (Å²) in [6, 6.07) is 1.66.